The predicted octanol–water partition coefficient (Wildman–Crippen LogP) is 3.06. The Morgan fingerprint density at radius 1 is 1.32 bits per heavy atom. The molecule has 5 heteroatoms. The van der Waals surface area contributed by atoms with E-state index in [0.717, 1.165) is 16.4 Å². The van der Waals surface area contributed by atoms with Crippen LogP contribution in [0.1, 0.15) is 4.88 Å². The number of ether oxygens (including phenoxy) is 2. The van der Waals surface area contributed by atoms with E-state index in [-0.39, 0.29) is 12.0 Å². The van der Waals surface area contributed by atoms with Crippen LogP contribution in [0.5, 0.6) is 11.5 Å². The molecule has 1 aromatic carbocycles. The lowest BCUT2D eigenvalue weighted by Crippen LogP contribution is -2.41. The Hall–Kier alpha value is -2.27. The van der Waals surface area contributed by atoms with Crippen molar-refractivity contribution in [3.8, 4) is 11.5 Å². The van der Waals surface area contributed by atoms with Gasteiger partial charge in [0.05, 0.1) is 6.54 Å². The molecule has 2 heterocycles. The SMILES string of the molecule is CN(C[C@H]1COc2ccccc2O1)C(=O)/C=C/c1cccs1. The summed E-state index contributed by atoms with van der Waals surface area (Å²) < 4.78 is 11.5. The molecular formula is C17H17NO3S. The second kappa shape index (κ2) is 6.66. The predicted molar refractivity (Wildman–Crippen MR) is 87.3 cm³/mol. The van der Waals surface area contributed by atoms with Crippen molar-refractivity contribution in [1.29, 1.82) is 0 Å². The Bertz CT molecular complexity index is 666. The van der Waals surface area contributed by atoms with Crippen LogP contribution in [0.15, 0.2) is 47.9 Å². The second-order valence-corrected chi connectivity index (χ2v) is 6.04. The summed E-state index contributed by atoms with van der Waals surface area (Å²) in [6.45, 7) is 0.936. The second-order valence-electron chi connectivity index (χ2n) is 5.07. The number of likely N-dealkylation sites (N-methyl/N-ethyl adjacent to an activating group) is 1. The van der Waals surface area contributed by atoms with E-state index in [1.807, 2.05) is 47.9 Å². The fraction of sp³-hybridized carbons (Fsp3) is 0.235. The zero-order valence-corrected chi connectivity index (χ0v) is 13.1. The van der Waals surface area contributed by atoms with E-state index >= 15 is 0 Å². The van der Waals surface area contributed by atoms with Gasteiger partial charge in [0.25, 0.3) is 0 Å². The van der Waals surface area contributed by atoms with Crippen LogP contribution in [0.3, 0.4) is 0 Å². The number of fused-ring (bicyclic) bond motifs is 1. The first kappa shape index (κ1) is 14.7. The highest BCUT2D eigenvalue weighted by molar-refractivity contribution is 7.10. The van der Waals surface area contributed by atoms with E-state index < -0.39 is 0 Å². The molecule has 1 aliphatic rings. The van der Waals surface area contributed by atoms with Gasteiger partial charge in [0.2, 0.25) is 5.91 Å². The zero-order chi connectivity index (χ0) is 15.4. The summed E-state index contributed by atoms with van der Waals surface area (Å²) in [5, 5.41) is 1.98. The number of rotatable bonds is 4. The summed E-state index contributed by atoms with van der Waals surface area (Å²) in [5.41, 5.74) is 0. The van der Waals surface area contributed by atoms with Crippen LogP contribution in [0.25, 0.3) is 6.08 Å². The number of amides is 1. The number of hydrogen-bond donors (Lipinski definition) is 0. The van der Waals surface area contributed by atoms with E-state index in [2.05, 4.69) is 0 Å². The quantitative estimate of drug-likeness (QED) is 0.814. The highest BCUT2D eigenvalue weighted by atomic mass is 32.1. The van der Waals surface area contributed by atoms with Crippen molar-refractivity contribution in [1.82, 2.24) is 4.90 Å². The lowest BCUT2D eigenvalue weighted by Gasteiger charge is -2.29. The molecule has 1 amide bonds. The van der Waals surface area contributed by atoms with Gasteiger partial charge >= 0.3 is 0 Å². The number of benzene rings is 1. The van der Waals surface area contributed by atoms with Crippen LogP contribution in [-0.4, -0.2) is 37.1 Å². The number of para-hydroxylation sites is 2. The number of nitrogens with zero attached hydrogens (tertiary/aromatic N) is 1. The van der Waals surface area contributed by atoms with E-state index in [4.69, 9.17) is 9.47 Å². The Kier molecular flexibility index (Phi) is 4.44. The molecule has 3 rings (SSSR count). The molecule has 2 aromatic rings. The molecule has 0 unspecified atom stereocenters. The van der Waals surface area contributed by atoms with Crippen molar-refractivity contribution in [2.24, 2.45) is 0 Å². The molecule has 0 saturated carbocycles. The van der Waals surface area contributed by atoms with Crippen LogP contribution in [0.2, 0.25) is 0 Å². The summed E-state index contributed by atoms with van der Waals surface area (Å²) in [4.78, 5) is 14.8. The largest absolute Gasteiger partial charge is 0.486 e. The van der Waals surface area contributed by atoms with Gasteiger partial charge in [-0.3, -0.25) is 4.79 Å². The van der Waals surface area contributed by atoms with E-state index in [1.54, 1.807) is 29.4 Å². The minimum Gasteiger partial charge on any atom is -0.486 e. The first-order valence-corrected chi connectivity index (χ1v) is 7.95. The van der Waals surface area contributed by atoms with Gasteiger partial charge in [-0.1, -0.05) is 18.2 Å². The molecule has 114 valence electrons. The third-order valence-corrected chi connectivity index (χ3v) is 4.19. The first-order chi connectivity index (χ1) is 10.7. The maximum atomic E-state index is 12.1. The van der Waals surface area contributed by atoms with Crippen molar-refractivity contribution < 1.29 is 14.3 Å². The van der Waals surface area contributed by atoms with Gasteiger partial charge in [0.1, 0.15) is 6.61 Å². The van der Waals surface area contributed by atoms with E-state index in [1.165, 1.54) is 0 Å². The van der Waals surface area contributed by atoms with Gasteiger partial charge in [-0.15, -0.1) is 11.3 Å². The first-order valence-electron chi connectivity index (χ1n) is 7.07. The van der Waals surface area contributed by atoms with Gasteiger partial charge in [-0.25, -0.2) is 0 Å². The summed E-state index contributed by atoms with van der Waals surface area (Å²) in [7, 11) is 1.77. The zero-order valence-electron chi connectivity index (χ0n) is 12.3. The monoisotopic (exact) mass is 315 g/mol. The van der Waals surface area contributed by atoms with Crippen molar-refractivity contribution >= 4 is 23.3 Å². The van der Waals surface area contributed by atoms with Crippen molar-refractivity contribution in [3.63, 3.8) is 0 Å². The molecular weight excluding hydrogens is 298 g/mol. The molecule has 0 fully saturated rings. The number of carbonyl (C=O) groups excluding carboxylic acids is 1. The third-order valence-electron chi connectivity index (χ3n) is 3.35. The van der Waals surface area contributed by atoms with E-state index in [0.29, 0.717) is 13.2 Å². The van der Waals surface area contributed by atoms with Gasteiger partial charge < -0.3 is 14.4 Å². The Morgan fingerprint density at radius 2 is 2.14 bits per heavy atom. The van der Waals surface area contributed by atoms with Crippen molar-refractivity contribution in [3.05, 3.63) is 52.7 Å². The normalized spacial score (nSPS) is 16.7. The molecule has 0 saturated heterocycles. The van der Waals surface area contributed by atoms with Crippen LogP contribution in [0.4, 0.5) is 0 Å². The molecule has 0 bridgehead atoms. The molecule has 4 nitrogen and oxygen atoms in total. The number of hydrogen-bond acceptors (Lipinski definition) is 4. The van der Waals surface area contributed by atoms with Crippen LogP contribution in [-0.2, 0) is 4.79 Å². The molecule has 0 spiro atoms. The topological polar surface area (TPSA) is 38.8 Å². The Labute approximate surface area is 133 Å². The minimum absolute atomic E-state index is 0.0455. The standard InChI is InChI=1S/C17H17NO3S/c1-18(17(19)9-8-14-5-4-10-22-14)11-13-12-20-15-6-2-3-7-16(15)21-13/h2-10,13H,11-12H2,1H3/b9-8+/t13-/m0/s1. The summed E-state index contributed by atoms with van der Waals surface area (Å²) in [5.74, 6) is 1.44. The molecule has 0 N–H and O–H groups in total. The molecule has 1 aromatic heterocycles. The average Bonchev–Trinajstić information content (AvgIpc) is 3.06. The minimum atomic E-state index is -0.154. The maximum Gasteiger partial charge on any atom is 0.246 e. The molecule has 0 aliphatic carbocycles. The molecule has 22 heavy (non-hydrogen) atoms. The summed E-state index contributed by atoms with van der Waals surface area (Å²) >= 11 is 1.60. The van der Waals surface area contributed by atoms with Crippen LogP contribution >= 0.6 is 11.3 Å². The summed E-state index contributed by atoms with van der Waals surface area (Å²) in [6, 6.07) is 11.5. The van der Waals surface area contributed by atoms with Crippen LogP contribution < -0.4 is 9.47 Å². The third kappa shape index (κ3) is 3.49. The van der Waals surface area contributed by atoms with Crippen molar-refractivity contribution in [2.45, 2.75) is 6.10 Å². The molecule has 0 radical (unpaired) electrons. The molecule has 1 atom stereocenters. The maximum absolute atomic E-state index is 12.1. The van der Waals surface area contributed by atoms with Crippen LogP contribution in [0, 0.1) is 0 Å². The average molecular weight is 315 g/mol. The fourth-order valence-electron chi connectivity index (χ4n) is 2.22. The lowest BCUT2D eigenvalue weighted by atomic mass is 10.2. The number of thiophene rings is 1. The Balaban J connectivity index is 1.56. The highest BCUT2D eigenvalue weighted by Gasteiger charge is 2.22. The fourth-order valence-corrected chi connectivity index (χ4v) is 2.83. The highest BCUT2D eigenvalue weighted by Crippen LogP contribution is 2.30. The van der Waals surface area contributed by atoms with E-state index in [9.17, 15) is 4.79 Å². The molecule has 1 aliphatic heterocycles. The van der Waals surface area contributed by atoms with Gasteiger partial charge in [-0.2, -0.15) is 0 Å². The number of carbonyl (C=O) groups is 1. The summed E-state index contributed by atoms with van der Waals surface area (Å²) in [6.07, 6.45) is 3.26. The lowest BCUT2D eigenvalue weighted by molar-refractivity contribution is -0.126. The Morgan fingerprint density at radius 3 is 2.91 bits per heavy atom. The van der Waals surface area contributed by atoms with Crippen molar-refractivity contribution in [2.75, 3.05) is 20.2 Å². The van der Waals surface area contributed by atoms with Gasteiger partial charge in [-0.05, 0) is 29.7 Å². The smallest absolute Gasteiger partial charge is 0.246 e. The van der Waals surface area contributed by atoms with Gasteiger partial charge in [0, 0.05) is 18.0 Å². The van der Waals surface area contributed by atoms with Gasteiger partial charge in [0.15, 0.2) is 17.6 Å².